The zero-order valence-electron chi connectivity index (χ0n) is 6.37. The molecule has 0 radical (unpaired) electrons. The van der Waals surface area contributed by atoms with Crippen molar-refractivity contribution in [3.63, 3.8) is 0 Å². The molecule has 6 heteroatoms. The van der Waals surface area contributed by atoms with Crippen LogP contribution in [0.3, 0.4) is 0 Å². The largest absolute Gasteiger partial charge is 0.394 e. The molecule has 1 aliphatic heterocycles. The zero-order chi connectivity index (χ0) is 9.30. The van der Waals surface area contributed by atoms with Gasteiger partial charge in [-0.2, -0.15) is 0 Å². The molecule has 0 aromatic rings. The Morgan fingerprint density at radius 2 is 1.75 bits per heavy atom. The summed E-state index contributed by atoms with van der Waals surface area (Å²) in [6.07, 6.45) is -4.85. The van der Waals surface area contributed by atoms with Crippen molar-refractivity contribution in [3.8, 4) is 0 Å². The molecule has 5 atom stereocenters. The van der Waals surface area contributed by atoms with Crippen molar-refractivity contribution in [1.29, 1.82) is 0 Å². The van der Waals surface area contributed by atoms with Gasteiger partial charge in [0.1, 0.15) is 18.3 Å². The lowest BCUT2D eigenvalue weighted by Crippen LogP contribution is -2.61. The Morgan fingerprint density at radius 1 is 1.17 bits per heavy atom. The minimum atomic E-state index is -1.35. The Balaban J connectivity index is 2.63. The molecule has 72 valence electrons. The van der Waals surface area contributed by atoms with Crippen LogP contribution in [0, 0.1) is 0 Å². The third-order valence-corrected chi connectivity index (χ3v) is 1.95. The number of rotatable bonds is 1. The first kappa shape index (κ1) is 9.85. The number of hydrogen-bond donors (Lipinski definition) is 5. The summed E-state index contributed by atoms with van der Waals surface area (Å²) >= 11 is 0. The van der Waals surface area contributed by atoms with Crippen LogP contribution in [0.2, 0.25) is 0 Å². The van der Waals surface area contributed by atoms with E-state index in [9.17, 15) is 10.2 Å². The Hall–Kier alpha value is -0.240. The molecule has 1 unspecified atom stereocenters. The van der Waals surface area contributed by atoms with Gasteiger partial charge >= 0.3 is 0 Å². The number of aliphatic hydroxyl groups is 4. The lowest BCUT2D eigenvalue weighted by molar-refractivity contribution is -0.248. The van der Waals surface area contributed by atoms with Crippen molar-refractivity contribution in [2.75, 3.05) is 6.61 Å². The molecule has 0 aromatic heterocycles. The third-order valence-electron chi connectivity index (χ3n) is 1.95. The summed E-state index contributed by atoms with van der Waals surface area (Å²) in [6.45, 7) is -0.470. The monoisotopic (exact) mass is 179 g/mol. The Bertz CT molecular complexity index is 150. The summed E-state index contributed by atoms with van der Waals surface area (Å²) in [5.74, 6) is 0. The highest BCUT2D eigenvalue weighted by atomic mass is 16.6. The normalized spacial score (nSPS) is 49.2. The van der Waals surface area contributed by atoms with Crippen LogP contribution < -0.4 is 5.73 Å². The SMILES string of the molecule is N[C@H]1[C@H](O)O[C@H](CO)C(O)[C@@H]1O. The minimum absolute atomic E-state index is 0.470. The molecule has 1 fully saturated rings. The summed E-state index contributed by atoms with van der Waals surface area (Å²) in [5, 5.41) is 36.1. The van der Waals surface area contributed by atoms with Crippen molar-refractivity contribution < 1.29 is 25.2 Å². The Morgan fingerprint density at radius 3 is 2.25 bits per heavy atom. The van der Waals surface area contributed by atoms with Gasteiger partial charge in [0.05, 0.1) is 12.6 Å². The van der Waals surface area contributed by atoms with E-state index in [-0.39, 0.29) is 0 Å². The summed E-state index contributed by atoms with van der Waals surface area (Å²) in [5.41, 5.74) is 5.26. The van der Waals surface area contributed by atoms with Crippen LogP contribution in [0.4, 0.5) is 0 Å². The maximum atomic E-state index is 9.20. The fourth-order valence-electron chi connectivity index (χ4n) is 1.12. The van der Waals surface area contributed by atoms with Crippen LogP contribution in [-0.2, 0) is 4.74 Å². The molecule has 0 bridgehead atoms. The van der Waals surface area contributed by atoms with Gasteiger partial charge in [-0.25, -0.2) is 0 Å². The molecule has 0 spiro atoms. The number of hydrogen-bond acceptors (Lipinski definition) is 6. The van der Waals surface area contributed by atoms with Gasteiger partial charge in [0, 0.05) is 0 Å². The van der Waals surface area contributed by atoms with E-state index < -0.39 is 37.3 Å². The van der Waals surface area contributed by atoms with Gasteiger partial charge in [-0.1, -0.05) is 0 Å². The molecule has 1 rings (SSSR count). The van der Waals surface area contributed by atoms with Gasteiger partial charge in [-0.05, 0) is 0 Å². The molecule has 0 aliphatic carbocycles. The maximum Gasteiger partial charge on any atom is 0.173 e. The van der Waals surface area contributed by atoms with Crippen LogP contribution in [0.5, 0.6) is 0 Å². The van der Waals surface area contributed by atoms with Crippen LogP contribution in [0.1, 0.15) is 0 Å². The Labute approximate surface area is 69.2 Å². The molecule has 1 aliphatic rings. The smallest absolute Gasteiger partial charge is 0.173 e. The van der Waals surface area contributed by atoms with Crippen LogP contribution in [-0.4, -0.2) is 57.7 Å². The molecule has 6 N–H and O–H groups in total. The molecule has 0 saturated carbocycles. The molecule has 0 amide bonds. The average molecular weight is 179 g/mol. The van der Waals surface area contributed by atoms with Crippen molar-refractivity contribution in [3.05, 3.63) is 0 Å². The number of ether oxygens (including phenoxy) is 1. The second kappa shape index (κ2) is 3.65. The number of nitrogens with two attached hydrogens (primary N) is 1. The van der Waals surface area contributed by atoms with Crippen LogP contribution >= 0.6 is 0 Å². The fraction of sp³-hybridized carbons (Fsp3) is 1.00. The first-order valence-electron chi connectivity index (χ1n) is 3.64. The Kier molecular flexibility index (Phi) is 2.99. The highest BCUT2D eigenvalue weighted by molar-refractivity contribution is 4.90. The summed E-state index contributed by atoms with van der Waals surface area (Å²) in [6, 6.07) is -1.04. The van der Waals surface area contributed by atoms with Crippen LogP contribution in [0.15, 0.2) is 0 Å². The molecule has 1 saturated heterocycles. The lowest BCUT2D eigenvalue weighted by atomic mass is 9.98. The van der Waals surface area contributed by atoms with Gasteiger partial charge in [-0.3, -0.25) is 0 Å². The second-order valence-corrected chi connectivity index (χ2v) is 2.81. The van der Waals surface area contributed by atoms with Crippen molar-refractivity contribution in [2.24, 2.45) is 5.73 Å². The van der Waals surface area contributed by atoms with Gasteiger partial charge < -0.3 is 30.9 Å². The molecule has 0 aromatic carbocycles. The predicted octanol–water partition coefficient (Wildman–Crippen LogP) is -3.25. The summed E-state index contributed by atoms with van der Waals surface area (Å²) < 4.78 is 4.70. The van der Waals surface area contributed by atoms with Gasteiger partial charge in [-0.15, -0.1) is 0 Å². The van der Waals surface area contributed by atoms with Gasteiger partial charge in [0.15, 0.2) is 6.29 Å². The number of aliphatic hydroxyl groups excluding tert-OH is 4. The maximum absolute atomic E-state index is 9.20. The van der Waals surface area contributed by atoms with Crippen molar-refractivity contribution >= 4 is 0 Å². The molecular weight excluding hydrogens is 166 g/mol. The van der Waals surface area contributed by atoms with E-state index in [1.54, 1.807) is 0 Å². The summed E-state index contributed by atoms with van der Waals surface area (Å²) in [4.78, 5) is 0. The first-order valence-corrected chi connectivity index (χ1v) is 3.64. The van der Waals surface area contributed by atoms with Crippen molar-refractivity contribution in [2.45, 2.75) is 30.6 Å². The molecule has 6 nitrogen and oxygen atoms in total. The molecular formula is C6H13NO5. The molecule has 1 heterocycles. The fourth-order valence-corrected chi connectivity index (χ4v) is 1.12. The highest BCUT2D eigenvalue weighted by Gasteiger charge is 2.41. The zero-order valence-corrected chi connectivity index (χ0v) is 6.37. The quantitative estimate of drug-likeness (QED) is 0.288. The topological polar surface area (TPSA) is 116 Å². The summed E-state index contributed by atoms with van der Waals surface area (Å²) in [7, 11) is 0. The minimum Gasteiger partial charge on any atom is -0.394 e. The van der Waals surface area contributed by atoms with Gasteiger partial charge in [0.2, 0.25) is 0 Å². The van der Waals surface area contributed by atoms with Crippen molar-refractivity contribution in [1.82, 2.24) is 0 Å². The highest BCUT2D eigenvalue weighted by Crippen LogP contribution is 2.17. The predicted molar refractivity (Wildman–Crippen MR) is 38.0 cm³/mol. The van der Waals surface area contributed by atoms with E-state index in [1.165, 1.54) is 0 Å². The van der Waals surface area contributed by atoms with E-state index in [2.05, 4.69) is 0 Å². The molecule has 12 heavy (non-hydrogen) atoms. The van der Waals surface area contributed by atoms with E-state index >= 15 is 0 Å². The van der Waals surface area contributed by atoms with Gasteiger partial charge in [0.25, 0.3) is 0 Å². The average Bonchev–Trinajstić information content (AvgIpc) is 2.08. The van der Waals surface area contributed by atoms with E-state index in [1.807, 2.05) is 0 Å². The van der Waals surface area contributed by atoms with E-state index in [4.69, 9.17) is 20.7 Å². The van der Waals surface area contributed by atoms with E-state index in [0.717, 1.165) is 0 Å². The second-order valence-electron chi connectivity index (χ2n) is 2.81. The standard InChI is InChI=1S/C6H13NO5/c7-3-5(10)4(9)2(1-8)12-6(3)11/h2-6,8-11H,1,7H2/t2-,3-,4?,5-,6-/m1/s1. The third kappa shape index (κ3) is 1.58. The first-order chi connectivity index (χ1) is 5.57. The van der Waals surface area contributed by atoms with E-state index in [0.29, 0.717) is 0 Å². The lowest BCUT2D eigenvalue weighted by Gasteiger charge is -2.38. The van der Waals surface area contributed by atoms with Crippen LogP contribution in [0.25, 0.3) is 0 Å².